The Hall–Kier alpha value is -1.51. The molecule has 3 heteroatoms. The summed E-state index contributed by atoms with van der Waals surface area (Å²) in [4.78, 5) is 11.2. The van der Waals surface area contributed by atoms with Gasteiger partial charge in [-0.05, 0) is 44.4 Å². The van der Waals surface area contributed by atoms with E-state index in [2.05, 4.69) is 6.07 Å². The molecule has 0 heterocycles. The average Bonchev–Trinajstić information content (AvgIpc) is 2.29. The van der Waals surface area contributed by atoms with Gasteiger partial charge < -0.3 is 9.47 Å². The van der Waals surface area contributed by atoms with Crippen molar-refractivity contribution in [2.75, 3.05) is 13.2 Å². The molecule has 0 N–H and O–H groups in total. The maximum absolute atomic E-state index is 11.2. The molecule has 0 saturated carbocycles. The fourth-order valence-corrected chi connectivity index (χ4v) is 1.62. The van der Waals surface area contributed by atoms with Crippen molar-refractivity contribution >= 4 is 5.97 Å². The summed E-state index contributed by atoms with van der Waals surface area (Å²) in [5.74, 6) is 0.671. The van der Waals surface area contributed by atoms with Crippen molar-refractivity contribution < 1.29 is 14.3 Å². The fraction of sp³-hybridized carbons (Fsp3) is 0.500. The smallest absolute Gasteiger partial charge is 0.309 e. The third kappa shape index (κ3) is 3.77. The highest BCUT2D eigenvalue weighted by molar-refractivity contribution is 5.69. The van der Waals surface area contributed by atoms with Crippen LogP contribution in [0.15, 0.2) is 12.1 Å². The van der Waals surface area contributed by atoms with Gasteiger partial charge in [-0.2, -0.15) is 0 Å². The van der Waals surface area contributed by atoms with Crippen LogP contribution in [0.25, 0.3) is 0 Å². The van der Waals surface area contributed by atoms with E-state index in [1.807, 2.05) is 26.8 Å². The molecule has 0 atom stereocenters. The second kappa shape index (κ2) is 6.28. The van der Waals surface area contributed by atoms with Crippen LogP contribution in [-0.2, 0) is 9.53 Å². The third-order valence-electron chi connectivity index (χ3n) is 2.73. The van der Waals surface area contributed by atoms with Crippen molar-refractivity contribution in [3.05, 3.63) is 28.8 Å². The molecule has 0 fully saturated rings. The van der Waals surface area contributed by atoms with Gasteiger partial charge in [0.05, 0.1) is 19.6 Å². The highest BCUT2D eigenvalue weighted by Gasteiger charge is 2.08. The summed E-state index contributed by atoms with van der Waals surface area (Å²) in [5.41, 5.74) is 3.42. The summed E-state index contributed by atoms with van der Waals surface area (Å²) in [6.45, 7) is 8.67. The highest BCUT2D eigenvalue weighted by Crippen LogP contribution is 2.25. The van der Waals surface area contributed by atoms with Gasteiger partial charge >= 0.3 is 5.97 Å². The van der Waals surface area contributed by atoms with Gasteiger partial charge in [-0.1, -0.05) is 12.1 Å². The van der Waals surface area contributed by atoms with Crippen molar-refractivity contribution in [2.24, 2.45) is 0 Å². The first-order valence-electron chi connectivity index (χ1n) is 5.91. The molecule has 0 aromatic heterocycles. The minimum Gasteiger partial charge on any atom is -0.492 e. The topological polar surface area (TPSA) is 35.5 Å². The predicted octanol–water partition coefficient (Wildman–Crippen LogP) is 2.94. The van der Waals surface area contributed by atoms with Crippen LogP contribution >= 0.6 is 0 Å². The molecule has 0 aliphatic carbocycles. The third-order valence-corrected chi connectivity index (χ3v) is 2.73. The number of aryl methyl sites for hydroxylation is 2. The van der Waals surface area contributed by atoms with E-state index >= 15 is 0 Å². The number of esters is 1. The molecule has 94 valence electrons. The lowest BCUT2D eigenvalue weighted by Gasteiger charge is -2.13. The summed E-state index contributed by atoms with van der Waals surface area (Å²) in [6, 6.07) is 4.10. The zero-order chi connectivity index (χ0) is 12.8. The number of rotatable bonds is 5. The maximum atomic E-state index is 11.2. The Kier molecular flexibility index (Phi) is 5.01. The van der Waals surface area contributed by atoms with Crippen LogP contribution in [0.4, 0.5) is 0 Å². The van der Waals surface area contributed by atoms with E-state index in [9.17, 15) is 4.79 Å². The first kappa shape index (κ1) is 13.6. The molecular weight excluding hydrogens is 216 g/mol. The fourth-order valence-electron chi connectivity index (χ4n) is 1.62. The summed E-state index contributed by atoms with van der Waals surface area (Å²) >= 11 is 0. The quantitative estimate of drug-likeness (QED) is 0.737. The van der Waals surface area contributed by atoms with Crippen LogP contribution < -0.4 is 4.74 Å². The van der Waals surface area contributed by atoms with Crippen LogP contribution in [-0.4, -0.2) is 19.2 Å². The summed E-state index contributed by atoms with van der Waals surface area (Å²) < 4.78 is 10.5. The second-order valence-corrected chi connectivity index (χ2v) is 4.06. The normalized spacial score (nSPS) is 10.1. The predicted molar refractivity (Wildman–Crippen MR) is 67.4 cm³/mol. The maximum Gasteiger partial charge on any atom is 0.309 e. The number of benzene rings is 1. The molecule has 0 spiro atoms. The number of hydrogen-bond acceptors (Lipinski definition) is 3. The molecular formula is C14H20O3. The Morgan fingerprint density at radius 2 is 1.82 bits per heavy atom. The molecule has 0 bridgehead atoms. The molecule has 1 aromatic rings. The average molecular weight is 236 g/mol. The molecule has 0 aliphatic heterocycles. The zero-order valence-corrected chi connectivity index (χ0v) is 11.0. The standard InChI is InChI=1S/C14H20O3/c1-5-16-13(15)8-9-17-14-11(3)7-6-10(2)12(14)4/h6-7H,5,8-9H2,1-4H3. The Morgan fingerprint density at radius 1 is 1.18 bits per heavy atom. The molecule has 0 saturated heterocycles. The Balaban J connectivity index is 2.58. The van der Waals surface area contributed by atoms with Crippen LogP contribution in [0.2, 0.25) is 0 Å². The van der Waals surface area contributed by atoms with E-state index in [-0.39, 0.29) is 5.97 Å². The Morgan fingerprint density at radius 3 is 2.47 bits per heavy atom. The zero-order valence-electron chi connectivity index (χ0n) is 11.0. The van der Waals surface area contributed by atoms with Crippen LogP contribution in [0, 0.1) is 20.8 Å². The molecule has 0 amide bonds. The number of carbonyl (C=O) groups is 1. The van der Waals surface area contributed by atoms with E-state index in [1.165, 1.54) is 5.56 Å². The monoisotopic (exact) mass is 236 g/mol. The lowest BCUT2D eigenvalue weighted by atomic mass is 10.1. The second-order valence-electron chi connectivity index (χ2n) is 4.06. The van der Waals surface area contributed by atoms with Crippen LogP contribution in [0.3, 0.4) is 0 Å². The van der Waals surface area contributed by atoms with Crippen molar-refractivity contribution in [2.45, 2.75) is 34.1 Å². The van der Waals surface area contributed by atoms with Gasteiger partial charge in [0.15, 0.2) is 0 Å². The molecule has 1 aromatic carbocycles. The number of carbonyl (C=O) groups excluding carboxylic acids is 1. The van der Waals surface area contributed by atoms with Gasteiger partial charge in [0.2, 0.25) is 0 Å². The Labute approximate surface area is 103 Å². The highest BCUT2D eigenvalue weighted by atomic mass is 16.5. The summed E-state index contributed by atoms with van der Waals surface area (Å²) in [6.07, 6.45) is 0.292. The van der Waals surface area contributed by atoms with Crippen molar-refractivity contribution in [3.63, 3.8) is 0 Å². The van der Waals surface area contributed by atoms with Gasteiger partial charge in [-0.25, -0.2) is 0 Å². The van der Waals surface area contributed by atoms with Gasteiger partial charge in [0.1, 0.15) is 5.75 Å². The molecule has 17 heavy (non-hydrogen) atoms. The number of ether oxygens (including phenoxy) is 2. The van der Waals surface area contributed by atoms with E-state index in [0.717, 1.165) is 16.9 Å². The van der Waals surface area contributed by atoms with Gasteiger partial charge in [-0.15, -0.1) is 0 Å². The van der Waals surface area contributed by atoms with Gasteiger partial charge in [0, 0.05) is 0 Å². The Bertz CT molecular complexity index is 397. The minimum absolute atomic E-state index is 0.213. The van der Waals surface area contributed by atoms with Crippen LogP contribution in [0.5, 0.6) is 5.75 Å². The molecule has 0 radical (unpaired) electrons. The van der Waals surface area contributed by atoms with E-state index in [0.29, 0.717) is 19.6 Å². The largest absolute Gasteiger partial charge is 0.492 e. The molecule has 0 unspecified atom stereocenters. The van der Waals surface area contributed by atoms with E-state index in [4.69, 9.17) is 9.47 Å². The lowest BCUT2D eigenvalue weighted by molar-refractivity contribution is -0.143. The summed E-state index contributed by atoms with van der Waals surface area (Å²) in [7, 11) is 0. The summed E-state index contributed by atoms with van der Waals surface area (Å²) in [5, 5.41) is 0. The first-order chi connectivity index (χ1) is 8.06. The lowest BCUT2D eigenvalue weighted by Crippen LogP contribution is -2.10. The molecule has 1 rings (SSSR count). The van der Waals surface area contributed by atoms with E-state index in [1.54, 1.807) is 6.92 Å². The van der Waals surface area contributed by atoms with Crippen LogP contribution in [0.1, 0.15) is 30.0 Å². The molecule has 3 nitrogen and oxygen atoms in total. The van der Waals surface area contributed by atoms with Crippen molar-refractivity contribution in [1.29, 1.82) is 0 Å². The van der Waals surface area contributed by atoms with Gasteiger partial charge in [-0.3, -0.25) is 4.79 Å². The SMILES string of the molecule is CCOC(=O)CCOc1c(C)ccc(C)c1C. The van der Waals surface area contributed by atoms with Crippen molar-refractivity contribution in [1.82, 2.24) is 0 Å². The minimum atomic E-state index is -0.213. The van der Waals surface area contributed by atoms with Gasteiger partial charge in [0.25, 0.3) is 0 Å². The van der Waals surface area contributed by atoms with Crippen molar-refractivity contribution in [3.8, 4) is 5.75 Å². The van der Waals surface area contributed by atoms with E-state index < -0.39 is 0 Å². The molecule has 0 aliphatic rings. The first-order valence-corrected chi connectivity index (χ1v) is 5.91. The number of hydrogen-bond donors (Lipinski definition) is 0.